The first-order valence-electron chi connectivity index (χ1n) is 10.6. The molecule has 1 aliphatic heterocycles. The van der Waals surface area contributed by atoms with Crippen LogP contribution >= 0.6 is 0 Å². The molecule has 0 spiro atoms. The third-order valence-corrected chi connectivity index (χ3v) is 5.44. The number of nitrogens with two attached hydrogens (primary N) is 1. The number of aryl methyl sites for hydroxylation is 1. The predicted octanol–water partition coefficient (Wildman–Crippen LogP) is 2.78. The van der Waals surface area contributed by atoms with E-state index >= 15 is 0 Å². The number of aliphatic hydroxyl groups excluding tert-OH is 1. The van der Waals surface area contributed by atoms with Gasteiger partial charge in [0.2, 0.25) is 0 Å². The lowest BCUT2D eigenvalue weighted by molar-refractivity contribution is -0.173. The number of nitrogens with zero attached hydrogens (tertiary/aromatic N) is 3. The summed E-state index contributed by atoms with van der Waals surface area (Å²) in [4.78, 5) is 5.95. The van der Waals surface area contributed by atoms with Crippen LogP contribution in [0.5, 0.6) is 0 Å². The number of hydrogen-bond donors (Lipinski definition) is 3. The fraction of sp³-hybridized carbons (Fsp3) is 0.522. The summed E-state index contributed by atoms with van der Waals surface area (Å²) in [6, 6.07) is 8.54. The SMILES string of the molecule is C=N/C=C\N(N)c1ccc(CCCNC(=C)CCN(C)[C@H]2C[C@@H](C)O[C@@H](O)C2)cc1. The van der Waals surface area contributed by atoms with Crippen LogP contribution in [0.4, 0.5) is 5.69 Å². The van der Waals surface area contributed by atoms with Crippen molar-refractivity contribution in [1.29, 1.82) is 0 Å². The highest BCUT2D eigenvalue weighted by molar-refractivity contribution is 5.48. The molecule has 0 radical (unpaired) electrons. The van der Waals surface area contributed by atoms with E-state index in [1.807, 2.05) is 19.1 Å². The summed E-state index contributed by atoms with van der Waals surface area (Å²) < 4.78 is 5.41. The van der Waals surface area contributed by atoms with Crippen LogP contribution in [0.2, 0.25) is 0 Å². The molecule has 0 bridgehead atoms. The van der Waals surface area contributed by atoms with E-state index in [2.05, 4.69) is 47.7 Å². The van der Waals surface area contributed by atoms with Crippen molar-refractivity contribution >= 4 is 12.4 Å². The molecule has 4 N–H and O–H groups in total. The maximum atomic E-state index is 9.79. The van der Waals surface area contributed by atoms with Gasteiger partial charge in [0.1, 0.15) is 0 Å². The number of nitrogens with one attached hydrogen (secondary N) is 1. The zero-order chi connectivity index (χ0) is 21.9. The smallest absolute Gasteiger partial charge is 0.156 e. The van der Waals surface area contributed by atoms with Gasteiger partial charge in [-0.05, 0) is 64.1 Å². The number of anilines is 1. The van der Waals surface area contributed by atoms with E-state index in [-0.39, 0.29) is 6.10 Å². The Labute approximate surface area is 180 Å². The van der Waals surface area contributed by atoms with Crippen LogP contribution in [-0.2, 0) is 11.2 Å². The van der Waals surface area contributed by atoms with Crippen molar-refractivity contribution < 1.29 is 9.84 Å². The van der Waals surface area contributed by atoms with Gasteiger partial charge >= 0.3 is 0 Å². The molecule has 0 amide bonds. The fourth-order valence-corrected chi connectivity index (χ4v) is 3.63. The monoisotopic (exact) mass is 415 g/mol. The normalized spacial score (nSPS) is 21.7. The minimum atomic E-state index is -0.648. The highest BCUT2D eigenvalue weighted by Gasteiger charge is 2.28. The molecular formula is C23H37N5O2. The van der Waals surface area contributed by atoms with E-state index in [0.29, 0.717) is 12.5 Å². The molecule has 1 aliphatic rings. The summed E-state index contributed by atoms with van der Waals surface area (Å²) in [6.07, 6.45) is 7.22. The molecule has 166 valence electrons. The highest BCUT2D eigenvalue weighted by Crippen LogP contribution is 2.22. The Kier molecular flexibility index (Phi) is 10.0. The summed E-state index contributed by atoms with van der Waals surface area (Å²) >= 11 is 0. The first-order valence-corrected chi connectivity index (χ1v) is 10.6. The number of aliphatic hydroxyl groups is 1. The number of benzene rings is 1. The van der Waals surface area contributed by atoms with Crippen molar-refractivity contribution in [3.05, 3.63) is 54.5 Å². The number of rotatable bonds is 12. The maximum Gasteiger partial charge on any atom is 0.156 e. The van der Waals surface area contributed by atoms with Gasteiger partial charge in [0, 0.05) is 43.6 Å². The molecule has 0 aromatic heterocycles. The van der Waals surface area contributed by atoms with Crippen LogP contribution in [0.1, 0.15) is 38.2 Å². The first-order chi connectivity index (χ1) is 14.4. The lowest BCUT2D eigenvalue weighted by atomic mass is 10.0. The van der Waals surface area contributed by atoms with Gasteiger partial charge in [-0.15, -0.1) is 0 Å². The number of hydrogen-bond acceptors (Lipinski definition) is 7. The van der Waals surface area contributed by atoms with Crippen LogP contribution in [0.3, 0.4) is 0 Å². The third-order valence-electron chi connectivity index (χ3n) is 5.44. The Morgan fingerprint density at radius 2 is 2.10 bits per heavy atom. The quantitative estimate of drug-likeness (QED) is 0.211. The van der Waals surface area contributed by atoms with Gasteiger partial charge in [-0.25, -0.2) is 5.84 Å². The average molecular weight is 416 g/mol. The topological polar surface area (TPSA) is 86.4 Å². The molecule has 7 heteroatoms. The predicted molar refractivity (Wildman–Crippen MR) is 124 cm³/mol. The molecule has 1 aromatic carbocycles. The lowest BCUT2D eigenvalue weighted by Crippen LogP contribution is -2.43. The summed E-state index contributed by atoms with van der Waals surface area (Å²) in [7, 11) is 2.11. The van der Waals surface area contributed by atoms with E-state index in [0.717, 1.165) is 50.2 Å². The Hall–Kier alpha value is -2.19. The van der Waals surface area contributed by atoms with Crippen LogP contribution in [0.15, 0.2) is 53.9 Å². The minimum absolute atomic E-state index is 0.102. The molecule has 1 fully saturated rings. The molecule has 0 unspecified atom stereocenters. The zero-order valence-electron chi connectivity index (χ0n) is 18.3. The van der Waals surface area contributed by atoms with Crippen LogP contribution in [-0.4, -0.2) is 55.3 Å². The van der Waals surface area contributed by atoms with Crippen molar-refractivity contribution in [2.75, 3.05) is 25.1 Å². The summed E-state index contributed by atoms with van der Waals surface area (Å²) in [5, 5.41) is 14.7. The Bertz CT molecular complexity index is 681. The molecule has 1 saturated heterocycles. The summed E-state index contributed by atoms with van der Waals surface area (Å²) in [5.41, 5.74) is 3.23. The second-order valence-corrected chi connectivity index (χ2v) is 7.95. The lowest BCUT2D eigenvalue weighted by Gasteiger charge is -2.36. The van der Waals surface area contributed by atoms with Crippen LogP contribution in [0, 0.1) is 0 Å². The number of hydrazine groups is 1. The largest absolute Gasteiger partial charge is 0.389 e. The van der Waals surface area contributed by atoms with Crippen LogP contribution in [0.25, 0.3) is 0 Å². The van der Waals surface area contributed by atoms with Crippen molar-refractivity contribution in [2.24, 2.45) is 10.8 Å². The Balaban J connectivity index is 1.62. The summed E-state index contributed by atoms with van der Waals surface area (Å²) in [6.45, 7) is 11.4. The minimum Gasteiger partial charge on any atom is -0.389 e. The molecule has 7 nitrogen and oxygen atoms in total. The Morgan fingerprint density at radius 3 is 2.77 bits per heavy atom. The van der Waals surface area contributed by atoms with E-state index in [9.17, 15) is 5.11 Å². The molecule has 1 heterocycles. The van der Waals surface area contributed by atoms with Gasteiger partial charge in [0.15, 0.2) is 6.29 Å². The van der Waals surface area contributed by atoms with Gasteiger partial charge in [-0.2, -0.15) is 0 Å². The van der Waals surface area contributed by atoms with Gasteiger partial charge in [0.25, 0.3) is 0 Å². The highest BCUT2D eigenvalue weighted by atomic mass is 16.6. The van der Waals surface area contributed by atoms with Crippen molar-refractivity contribution in [1.82, 2.24) is 10.2 Å². The van der Waals surface area contributed by atoms with Crippen molar-refractivity contribution in [2.45, 2.75) is 57.5 Å². The third kappa shape index (κ3) is 8.28. The first kappa shape index (κ1) is 24.1. The number of aliphatic imine (C=N–C) groups is 1. The number of ether oxygens (including phenoxy) is 1. The molecule has 3 atom stereocenters. The molecule has 0 aliphatic carbocycles. The van der Waals surface area contributed by atoms with Crippen molar-refractivity contribution in [3.63, 3.8) is 0 Å². The van der Waals surface area contributed by atoms with Gasteiger partial charge < -0.3 is 20.1 Å². The summed E-state index contributed by atoms with van der Waals surface area (Å²) in [5.74, 6) is 5.91. The van der Waals surface area contributed by atoms with E-state index < -0.39 is 6.29 Å². The zero-order valence-corrected chi connectivity index (χ0v) is 18.3. The second-order valence-electron chi connectivity index (χ2n) is 7.95. The Morgan fingerprint density at radius 1 is 1.37 bits per heavy atom. The standard InChI is InChI=1S/C23H37N5O2/c1-18(11-14-27(4)22-16-19(2)30-23(29)17-22)26-12-5-6-20-7-9-21(10-8-20)28(24)15-13-25-3/h7-10,13,15,19,22-23,26,29H,1,3,5-6,11-12,14,16-17,24H2,2,4H3/b15-13-/t19-,22+,23-/m1/s1. The molecule has 0 saturated carbocycles. The van der Waals surface area contributed by atoms with E-state index in [4.69, 9.17) is 10.6 Å². The van der Waals surface area contributed by atoms with Crippen molar-refractivity contribution in [3.8, 4) is 0 Å². The molecule has 1 aromatic rings. The molecule has 30 heavy (non-hydrogen) atoms. The van der Waals surface area contributed by atoms with E-state index in [1.54, 1.807) is 12.4 Å². The maximum absolute atomic E-state index is 9.79. The molecular weight excluding hydrogens is 378 g/mol. The fourth-order valence-electron chi connectivity index (χ4n) is 3.63. The van der Waals surface area contributed by atoms with Gasteiger partial charge in [-0.3, -0.25) is 10.0 Å². The molecule has 2 rings (SSSR count). The van der Waals surface area contributed by atoms with Gasteiger partial charge in [-0.1, -0.05) is 18.7 Å². The second kappa shape index (κ2) is 12.5. The van der Waals surface area contributed by atoms with Gasteiger partial charge in [0.05, 0.1) is 11.8 Å². The average Bonchev–Trinajstić information content (AvgIpc) is 2.73. The van der Waals surface area contributed by atoms with E-state index in [1.165, 1.54) is 10.6 Å². The van der Waals surface area contributed by atoms with Crippen LogP contribution < -0.4 is 16.2 Å².